The Morgan fingerprint density at radius 1 is 1.53 bits per heavy atom. The molecular weight excluding hydrogens is 240 g/mol. The van der Waals surface area contributed by atoms with Gasteiger partial charge in [-0.3, -0.25) is 10.1 Å². The van der Waals surface area contributed by atoms with Crippen molar-refractivity contribution in [2.45, 2.75) is 12.2 Å². The van der Waals surface area contributed by atoms with Crippen molar-refractivity contribution in [3.05, 3.63) is 33.9 Å². The predicted octanol–water partition coefficient (Wildman–Crippen LogP) is 2.45. The summed E-state index contributed by atoms with van der Waals surface area (Å²) in [4.78, 5) is 10.2. The lowest BCUT2D eigenvalue weighted by Crippen LogP contribution is -1.99. The third kappa shape index (κ3) is 4.24. The molecule has 0 atom stereocenters. The molecule has 1 aromatic rings. The van der Waals surface area contributed by atoms with Gasteiger partial charge in [0, 0.05) is 25.5 Å². The molecule has 0 bridgehead atoms. The summed E-state index contributed by atoms with van der Waals surface area (Å²) in [7, 11) is 1.67. The molecule has 0 amide bonds. The van der Waals surface area contributed by atoms with Gasteiger partial charge >= 0.3 is 0 Å². The van der Waals surface area contributed by atoms with Gasteiger partial charge in [0.1, 0.15) is 5.69 Å². The maximum Gasteiger partial charge on any atom is 0.292 e. The molecule has 0 spiro atoms. The lowest BCUT2D eigenvalue weighted by molar-refractivity contribution is -0.383. The Balaban J connectivity index is 2.54. The van der Waals surface area contributed by atoms with Crippen LogP contribution in [0.3, 0.4) is 0 Å². The number of hydrogen-bond donors (Lipinski definition) is 1. The predicted molar refractivity (Wildman–Crippen MR) is 70.2 cm³/mol. The van der Waals surface area contributed by atoms with Gasteiger partial charge in [0.2, 0.25) is 0 Å². The fraction of sp³-hybridized carbons (Fsp3) is 0.455. The van der Waals surface area contributed by atoms with Gasteiger partial charge < -0.3 is 10.5 Å². The molecule has 0 heterocycles. The van der Waals surface area contributed by atoms with Gasteiger partial charge in [-0.25, -0.2) is 0 Å². The minimum atomic E-state index is -0.450. The van der Waals surface area contributed by atoms with E-state index in [-0.39, 0.29) is 11.4 Å². The lowest BCUT2D eigenvalue weighted by Gasteiger charge is -2.05. The second-order valence-corrected chi connectivity index (χ2v) is 4.61. The monoisotopic (exact) mass is 256 g/mol. The second-order valence-electron chi connectivity index (χ2n) is 3.51. The number of nitrogen functional groups attached to an aromatic ring is 1. The molecule has 1 rings (SSSR count). The highest BCUT2D eigenvalue weighted by Crippen LogP contribution is 2.27. The summed E-state index contributed by atoms with van der Waals surface area (Å²) in [6, 6.07) is 4.92. The molecule has 5 nitrogen and oxygen atoms in total. The number of para-hydroxylation sites is 1. The Hall–Kier alpha value is -1.27. The molecule has 0 aliphatic heterocycles. The Labute approximate surface area is 104 Å². The van der Waals surface area contributed by atoms with Crippen molar-refractivity contribution >= 4 is 23.1 Å². The van der Waals surface area contributed by atoms with E-state index in [0.717, 1.165) is 24.3 Å². The zero-order valence-corrected chi connectivity index (χ0v) is 10.5. The van der Waals surface area contributed by atoms with E-state index in [0.29, 0.717) is 5.75 Å². The average molecular weight is 256 g/mol. The highest BCUT2D eigenvalue weighted by Gasteiger charge is 2.13. The molecule has 0 fully saturated rings. The van der Waals surface area contributed by atoms with Gasteiger partial charge in [-0.1, -0.05) is 12.1 Å². The fourth-order valence-electron chi connectivity index (χ4n) is 1.37. The molecule has 6 heteroatoms. The number of nitro groups is 1. The molecule has 0 aromatic heterocycles. The van der Waals surface area contributed by atoms with Crippen LogP contribution in [0.5, 0.6) is 0 Å². The Kier molecular flexibility index (Phi) is 5.79. The first kappa shape index (κ1) is 13.8. The highest BCUT2D eigenvalue weighted by atomic mass is 32.2. The SMILES string of the molecule is COCCCSCc1cccc([N+](=O)[O-])c1N. The summed E-state index contributed by atoms with van der Waals surface area (Å²) in [5, 5.41) is 10.7. The van der Waals surface area contributed by atoms with Gasteiger partial charge in [-0.2, -0.15) is 11.8 Å². The smallest absolute Gasteiger partial charge is 0.292 e. The normalized spacial score (nSPS) is 10.4. The summed E-state index contributed by atoms with van der Waals surface area (Å²) in [6.07, 6.45) is 0.968. The Morgan fingerprint density at radius 2 is 2.29 bits per heavy atom. The van der Waals surface area contributed by atoms with Crippen molar-refractivity contribution in [1.29, 1.82) is 0 Å². The van der Waals surface area contributed by atoms with E-state index in [1.807, 2.05) is 6.07 Å². The number of benzene rings is 1. The standard InChI is InChI=1S/C11H16N2O3S/c1-16-6-3-7-17-8-9-4-2-5-10(11(9)12)13(14)15/h2,4-5H,3,6-8,12H2,1H3. The van der Waals surface area contributed by atoms with Crippen molar-refractivity contribution < 1.29 is 9.66 Å². The van der Waals surface area contributed by atoms with Crippen LogP contribution in [0.2, 0.25) is 0 Å². The summed E-state index contributed by atoms with van der Waals surface area (Å²) < 4.78 is 4.94. The van der Waals surface area contributed by atoms with E-state index in [4.69, 9.17) is 10.5 Å². The van der Waals surface area contributed by atoms with E-state index in [1.165, 1.54) is 6.07 Å². The van der Waals surface area contributed by atoms with Gasteiger partial charge in [0.25, 0.3) is 5.69 Å². The van der Waals surface area contributed by atoms with Gasteiger partial charge in [0.05, 0.1) is 4.92 Å². The van der Waals surface area contributed by atoms with Crippen LogP contribution in [-0.4, -0.2) is 24.4 Å². The van der Waals surface area contributed by atoms with Crippen LogP contribution < -0.4 is 5.73 Å². The number of methoxy groups -OCH3 is 1. The number of rotatable bonds is 7. The van der Waals surface area contributed by atoms with E-state index < -0.39 is 4.92 Å². The molecule has 2 N–H and O–H groups in total. The number of ether oxygens (including phenoxy) is 1. The molecule has 0 unspecified atom stereocenters. The number of nitro benzene ring substituents is 1. The van der Waals surface area contributed by atoms with Crippen LogP contribution in [0.15, 0.2) is 18.2 Å². The number of nitrogens with zero attached hydrogens (tertiary/aromatic N) is 1. The molecule has 0 aliphatic carbocycles. The van der Waals surface area contributed by atoms with Crippen LogP contribution in [0.25, 0.3) is 0 Å². The maximum atomic E-state index is 10.7. The first-order chi connectivity index (χ1) is 8.16. The maximum absolute atomic E-state index is 10.7. The number of anilines is 1. The molecule has 0 aliphatic rings. The highest BCUT2D eigenvalue weighted by molar-refractivity contribution is 7.98. The number of thioether (sulfide) groups is 1. The van der Waals surface area contributed by atoms with Crippen LogP contribution >= 0.6 is 11.8 Å². The van der Waals surface area contributed by atoms with Crippen LogP contribution in [0, 0.1) is 10.1 Å². The first-order valence-electron chi connectivity index (χ1n) is 5.25. The topological polar surface area (TPSA) is 78.4 Å². The molecule has 0 saturated carbocycles. The van der Waals surface area contributed by atoms with E-state index >= 15 is 0 Å². The lowest BCUT2D eigenvalue weighted by atomic mass is 10.2. The van der Waals surface area contributed by atoms with Crippen molar-refractivity contribution in [3.63, 3.8) is 0 Å². The van der Waals surface area contributed by atoms with E-state index in [9.17, 15) is 10.1 Å². The van der Waals surface area contributed by atoms with Crippen LogP contribution in [0.1, 0.15) is 12.0 Å². The van der Waals surface area contributed by atoms with Crippen LogP contribution in [0.4, 0.5) is 11.4 Å². The molecule has 0 saturated heterocycles. The Bertz CT molecular complexity index is 385. The minimum absolute atomic E-state index is 0.0139. The molecule has 1 aromatic carbocycles. The van der Waals surface area contributed by atoms with Gasteiger partial charge in [-0.05, 0) is 17.7 Å². The second kappa shape index (κ2) is 7.13. The summed E-state index contributed by atoms with van der Waals surface area (Å²) in [6.45, 7) is 0.734. The summed E-state index contributed by atoms with van der Waals surface area (Å²) in [5.74, 6) is 1.65. The minimum Gasteiger partial charge on any atom is -0.393 e. The van der Waals surface area contributed by atoms with E-state index in [2.05, 4.69) is 0 Å². The van der Waals surface area contributed by atoms with Crippen molar-refractivity contribution in [3.8, 4) is 0 Å². The van der Waals surface area contributed by atoms with Crippen molar-refractivity contribution in [2.75, 3.05) is 25.2 Å². The zero-order chi connectivity index (χ0) is 12.7. The quantitative estimate of drug-likeness (QED) is 0.351. The fourth-order valence-corrected chi connectivity index (χ4v) is 2.31. The third-order valence-electron chi connectivity index (χ3n) is 2.26. The molecule has 17 heavy (non-hydrogen) atoms. The van der Waals surface area contributed by atoms with Crippen LogP contribution in [-0.2, 0) is 10.5 Å². The van der Waals surface area contributed by atoms with Gasteiger partial charge in [-0.15, -0.1) is 0 Å². The third-order valence-corrected chi connectivity index (χ3v) is 3.36. The summed E-state index contributed by atoms with van der Waals surface area (Å²) >= 11 is 1.70. The zero-order valence-electron chi connectivity index (χ0n) is 9.72. The van der Waals surface area contributed by atoms with Crippen molar-refractivity contribution in [1.82, 2.24) is 0 Å². The van der Waals surface area contributed by atoms with Gasteiger partial charge in [0.15, 0.2) is 0 Å². The number of nitrogens with two attached hydrogens (primary N) is 1. The average Bonchev–Trinajstić information content (AvgIpc) is 2.30. The first-order valence-corrected chi connectivity index (χ1v) is 6.40. The largest absolute Gasteiger partial charge is 0.393 e. The summed E-state index contributed by atoms with van der Waals surface area (Å²) in [5.41, 5.74) is 6.83. The number of hydrogen-bond acceptors (Lipinski definition) is 5. The molecule has 94 valence electrons. The van der Waals surface area contributed by atoms with E-state index in [1.54, 1.807) is 24.9 Å². The molecular formula is C11H16N2O3S. The Morgan fingerprint density at radius 3 is 2.94 bits per heavy atom. The van der Waals surface area contributed by atoms with Crippen molar-refractivity contribution in [2.24, 2.45) is 0 Å². The molecule has 0 radical (unpaired) electrons.